The van der Waals surface area contributed by atoms with Gasteiger partial charge in [0.25, 0.3) is 0 Å². The summed E-state index contributed by atoms with van der Waals surface area (Å²) in [5.41, 5.74) is 6.08. The van der Waals surface area contributed by atoms with Crippen molar-refractivity contribution in [2.75, 3.05) is 27.4 Å². The van der Waals surface area contributed by atoms with Crippen LogP contribution in [0.2, 0.25) is 0 Å². The fourth-order valence-corrected chi connectivity index (χ4v) is 10.5. The van der Waals surface area contributed by atoms with Crippen molar-refractivity contribution in [2.45, 2.75) is 33.5 Å². The predicted molar refractivity (Wildman–Crippen MR) is 271 cm³/mol. The van der Waals surface area contributed by atoms with Gasteiger partial charge in [-0.2, -0.15) is 0 Å². The minimum Gasteiger partial charge on any atom is -0.507 e. The molecule has 0 saturated heterocycles. The minimum atomic E-state index is -4.19. The number of phenols is 1. The number of aromatic hydroxyl groups is 1. The van der Waals surface area contributed by atoms with Crippen molar-refractivity contribution < 1.29 is 56.9 Å². The lowest BCUT2D eigenvalue weighted by atomic mass is 10.2. The first kappa shape index (κ1) is 50.7. The molecular formula is C51H54N3O12P3. The van der Waals surface area contributed by atoms with Gasteiger partial charge in [0.15, 0.2) is 0 Å². The van der Waals surface area contributed by atoms with Crippen molar-refractivity contribution in [3.63, 3.8) is 0 Å². The smallest absolute Gasteiger partial charge is 0.361 e. The van der Waals surface area contributed by atoms with E-state index in [0.29, 0.717) is 38.2 Å². The van der Waals surface area contributed by atoms with Gasteiger partial charge in [-0.1, -0.05) is 54.6 Å². The zero-order valence-corrected chi connectivity index (χ0v) is 41.1. The van der Waals surface area contributed by atoms with E-state index in [1.165, 1.54) is 24.3 Å². The summed E-state index contributed by atoms with van der Waals surface area (Å²) in [6.45, 7) is 6.21. The molecule has 15 nitrogen and oxygen atoms in total. The lowest BCUT2D eigenvalue weighted by molar-refractivity contribution is 0.230. The quantitative estimate of drug-likeness (QED) is 0.0610. The van der Waals surface area contributed by atoms with Crippen LogP contribution >= 0.6 is 22.8 Å². The number of hydrogen-bond acceptors (Lipinski definition) is 8. The maximum Gasteiger partial charge on any atom is 0.361 e. The summed E-state index contributed by atoms with van der Waals surface area (Å²) in [6, 6.07) is 43.4. The van der Waals surface area contributed by atoms with Gasteiger partial charge in [0.1, 0.15) is 17.2 Å². The van der Waals surface area contributed by atoms with Crippen LogP contribution in [0.4, 0.5) is 0 Å². The Bertz CT molecular complexity index is 3290. The Hall–Kier alpha value is -6.21. The lowest BCUT2D eigenvalue weighted by Gasteiger charge is -2.17. The molecule has 6 aromatic carbocycles. The highest BCUT2D eigenvalue weighted by Crippen LogP contribution is 2.46. The third-order valence-corrected chi connectivity index (χ3v) is 15.3. The van der Waals surface area contributed by atoms with Crippen LogP contribution in [0.3, 0.4) is 0 Å². The van der Waals surface area contributed by atoms with Crippen molar-refractivity contribution in [1.82, 2.24) is 13.7 Å². The molecule has 18 heteroatoms. The van der Waals surface area contributed by atoms with E-state index in [-0.39, 0.29) is 16.4 Å². The van der Waals surface area contributed by atoms with Crippen molar-refractivity contribution in [1.29, 1.82) is 0 Å². The highest BCUT2D eigenvalue weighted by Gasteiger charge is 2.26. The number of benzene rings is 6. The lowest BCUT2D eigenvalue weighted by Crippen LogP contribution is -2.11. The zero-order valence-electron chi connectivity index (χ0n) is 38.4. The minimum absolute atomic E-state index is 0.0151. The molecular weight excluding hydrogens is 939 g/mol. The standard InChI is InChI=1S/C20H24NO4P.C16H16NO4P.C15H14NO4P/c1-4-24-26(22,25-5-2)17-11-9-16(10-12-17)15-21-14-13-18-19(21)7-6-8-20(18)23-3;1-21-16-4-2-3-15-14(16)9-10-17(15)11-12-5-7-13(8-6-12)22(18,19)20;17-15-3-1-2-14-13(15)8-9-16(14)10-11-4-6-12(7-5-11)21(18,19)20/h6-14H,4-5,15H2,1-3H3;2-10H,11H2,1H3,(H2,18,19,20);1-9,17H,10H2,(H2,18,19,20). The Morgan fingerprint density at radius 1 is 0.435 bits per heavy atom. The van der Waals surface area contributed by atoms with Crippen LogP contribution in [0.25, 0.3) is 32.7 Å². The molecule has 0 bridgehead atoms. The monoisotopic (exact) mass is 993 g/mol. The fraction of sp³-hybridized carbons (Fsp3) is 0.176. The molecule has 0 aliphatic carbocycles. The Morgan fingerprint density at radius 3 is 1.12 bits per heavy atom. The Morgan fingerprint density at radius 2 is 0.768 bits per heavy atom. The molecule has 0 atom stereocenters. The average molecular weight is 994 g/mol. The molecule has 69 heavy (non-hydrogen) atoms. The maximum atomic E-state index is 12.8. The molecule has 360 valence electrons. The van der Waals surface area contributed by atoms with Crippen molar-refractivity contribution in [3.05, 3.63) is 181 Å². The molecule has 0 amide bonds. The molecule has 5 N–H and O–H groups in total. The highest BCUT2D eigenvalue weighted by molar-refractivity contribution is 7.62. The van der Waals surface area contributed by atoms with Gasteiger partial charge < -0.3 is 56.9 Å². The maximum absolute atomic E-state index is 12.8. The van der Waals surface area contributed by atoms with E-state index in [0.717, 1.165) is 60.9 Å². The topological polar surface area (TPSA) is 204 Å². The summed E-state index contributed by atoms with van der Waals surface area (Å²) in [5, 5.41) is 13.3. The van der Waals surface area contributed by atoms with E-state index < -0.39 is 22.8 Å². The van der Waals surface area contributed by atoms with Gasteiger partial charge in [-0.25, -0.2) is 0 Å². The largest absolute Gasteiger partial charge is 0.507 e. The summed E-state index contributed by atoms with van der Waals surface area (Å²) in [6.07, 6.45) is 5.90. The summed E-state index contributed by atoms with van der Waals surface area (Å²) in [5.74, 6) is 1.93. The molecule has 9 rings (SSSR count). The van der Waals surface area contributed by atoms with Crippen molar-refractivity contribution >= 4 is 71.4 Å². The molecule has 3 aromatic heterocycles. The third-order valence-electron chi connectivity index (χ3n) is 11.2. The summed E-state index contributed by atoms with van der Waals surface area (Å²) < 4.78 is 62.9. The molecule has 0 saturated carbocycles. The molecule has 0 radical (unpaired) electrons. The van der Waals surface area contributed by atoms with Crippen LogP contribution in [0, 0.1) is 0 Å². The van der Waals surface area contributed by atoms with Gasteiger partial charge in [-0.05, 0) is 122 Å². The van der Waals surface area contributed by atoms with Crippen LogP contribution in [-0.2, 0) is 42.4 Å². The van der Waals surface area contributed by atoms with Crippen LogP contribution < -0.4 is 25.4 Å². The SMILES string of the molecule is CCOP(=O)(OCC)c1ccc(Cn2ccc3c(OC)cccc32)cc1.COc1cccc2c1ccn2Cc1ccc(P(=O)(O)O)cc1.O=P(O)(O)c1ccc(Cn2ccc3c(O)cccc32)cc1. The summed E-state index contributed by atoms with van der Waals surface area (Å²) in [7, 11) is -8.28. The van der Waals surface area contributed by atoms with Gasteiger partial charge >= 0.3 is 22.8 Å². The van der Waals surface area contributed by atoms with Gasteiger partial charge in [0, 0.05) is 54.4 Å². The normalized spacial score (nSPS) is 11.8. The first-order valence-electron chi connectivity index (χ1n) is 21.8. The second-order valence-corrected chi connectivity index (χ2v) is 21.0. The predicted octanol–water partition coefficient (Wildman–Crippen LogP) is 9.29. The number of aromatic nitrogens is 3. The Kier molecular flexibility index (Phi) is 16.2. The molecule has 9 aromatic rings. The van der Waals surface area contributed by atoms with Gasteiger partial charge in [-0.15, -0.1) is 0 Å². The third kappa shape index (κ3) is 12.2. The number of phenolic OH excluding ortho intramolecular Hbond substituents is 1. The number of ether oxygens (including phenoxy) is 2. The Balaban J connectivity index is 0.000000154. The zero-order chi connectivity index (χ0) is 49.3. The van der Waals surface area contributed by atoms with E-state index in [2.05, 4.69) is 21.3 Å². The Labute approximate surface area is 399 Å². The molecule has 0 aliphatic rings. The van der Waals surface area contributed by atoms with Crippen molar-refractivity contribution in [2.24, 2.45) is 0 Å². The first-order chi connectivity index (χ1) is 33.0. The summed E-state index contributed by atoms with van der Waals surface area (Å²) >= 11 is 0. The second kappa shape index (κ2) is 22.0. The van der Waals surface area contributed by atoms with E-state index in [9.17, 15) is 18.8 Å². The van der Waals surface area contributed by atoms with Gasteiger partial charge in [-0.3, -0.25) is 13.7 Å². The average Bonchev–Trinajstić information content (AvgIpc) is 4.07. The molecule has 3 heterocycles. The highest BCUT2D eigenvalue weighted by atomic mass is 31.2. The van der Waals surface area contributed by atoms with Crippen LogP contribution in [0.5, 0.6) is 17.2 Å². The number of fused-ring (bicyclic) bond motifs is 3. The number of methoxy groups -OCH3 is 2. The van der Waals surface area contributed by atoms with E-state index in [1.807, 2.05) is 110 Å². The van der Waals surface area contributed by atoms with Crippen LogP contribution in [0.1, 0.15) is 30.5 Å². The van der Waals surface area contributed by atoms with Crippen molar-refractivity contribution in [3.8, 4) is 17.2 Å². The van der Waals surface area contributed by atoms with Gasteiger partial charge in [0.05, 0.1) is 59.9 Å². The first-order valence-corrected chi connectivity index (χ1v) is 26.6. The molecule has 0 fully saturated rings. The van der Waals surface area contributed by atoms with E-state index in [1.54, 1.807) is 50.6 Å². The van der Waals surface area contributed by atoms with Crippen LogP contribution in [0.15, 0.2) is 164 Å². The van der Waals surface area contributed by atoms with E-state index >= 15 is 0 Å². The van der Waals surface area contributed by atoms with Crippen LogP contribution in [-0.4, -0.2) is 65.8 Å². The molecule has 0 unspecified atom stereocenters. The second-order valence-electron chi connectivity index (χ2n) is 15.7. The number of nitrogens with zero attached hydrogens (tertiary/aromatic N) is 3. The van der Waals surface area contributed by atoms with E-state index in [4.69, 9.17) is 38.1 Å². The molecule has 0 aliphatic heterocycles. The molecule has 0 spiro atoms. The summed E-state index contributed by atoms with van der Waals surface area (Å²) in [4.78, 5) is 36.4. The van der Waals surface area contributed by atoms with Gasteiger partial charge in [0.2, 0.25) is 0 Å². The fourth-order valence-electron chi connectivity index (χ4n) is 7.86. The number of hydrogen-bond donors (Lipinski definition) is 5. The number of rotatable bonds is 15.